The molecule has 4 heteroatoms. The van der Waals surface area contributed by atoms with Gasteiger partial charge in [-0.3, -0.25) is 9.59 Å². The Hall–Kier alpha value is -1.06. The minimum atomic E-state index is -0.367. The maximum Gasteiger partial charge on any atom is 0.309 e. The van der Waals surface area contributed by atoms with E-state index in [2.05, 4.69) is 48.5 Å². The van der Waals surface area contributed by atoms with Crippen LogP contribution in [0.4, 0.5) is 0 Å². The van der Waals surface area contributed by atoms with Crippen molar-refractivity contribution in [3.05, 3.63) is 0 Å². The summed E-state index contributed by atoms with van der Waals surface area (Å²) < 4.78 is 11.2. The first-order chi connectivity index (χ1) is 11.5. The van der Waals surface area contributed by atoms with Gasteiger partial charge in [-0.25, -0.2) is 0 Å². The molecule has 0 aliphatic heterocycles. The molecule has 0 aromatic rings. The van der Waals surface area contributed by atoms with Gasteiger partial charge < -0.3 is 9.47 Å². The third-order valence-corrected chi connectivity index (χ3v) is 5.84. The highest BCUT2D eigenvalue weighted by Crippen LogP contribution is 2.36. The summed E-state index contributed by atoms with van der Waals surface area (Å²) in [5.41, 5.74) is -0.0597. The molecule has 1 saturated carbocycles. The van der Waals surface area contributed by atoms with Crippen LogP contribution in [0, 0.1) is 28.6 Å². The minimum absolute atomic E-state index is 0.0290. The maximum atomic E-state index is 12.6. The molecule has 0 aromatic heterocycles. The van der Waals surface area contributed by atoms with E-state index in [1.807, 2.05) is 0 Å². The number of carbonyl (C=O) groups excluding carboxylic acids is 2. The molecule has 0 bridgehead atoms. The fourth-order valence-corrected chi connectivity index (χ4v) is 2.87. The van der Waals surface area contributed by atoms with Crippen LogP contribution in [-0.2, 0) is 19.1 Å². The van der Waals surface area contributed by atoms with E-state index in [1.54, 1.807) is 0 Å². The van der Waals surface area contributed by atoms with E-state index in [0.29, 0.717) is 32.0 Å². The number of esters is 2. The van der Waals surface area contributed by atoms with E-state index in [-0.39, 0.29) is 34.6 Å². The number of carbonyl (C=O) groups is 2. The van der Waals surface area contributed by atoms with Gasteiger partial charge in [0.2, 0.25) is 0 Å². The average Bonchev–Trinajstić information content (AvgIpc) is 2.57. The zero-order chi connectivity index (χ0) is 19.3. The molecule has 146 valence electrons. The second-order valence-corrected chi connectivity index (χ2v) is 9.38. The van der Waals surface area contributed by atoms with Crippen LogP contribution in [-0.4, -0.2) is 25.2 Å². The highest BCUT2D eigenvalue weighted by Gasteiger charge is 2.40. The smallest absolute Gasteiger partial charge is 0.309 e. The molecule has 0 spiro atoms. The van der Waals surface area contributed by atoms with Crippen molar-refractivity contribution in [3.8, 4) is 0 Å². The monoisotopic (exact) mass is 354 g/mol. The summed E-state index contributed by atoms with van der Waals surface area (Å²) in [6.45, 7) is 15.5. The van der Waals surface area contributed by atoms with Gasteiger partial charge in [0.1, 0.15) is 0 Å². The van der Waals surface area contributed by atoms with Crippen molar-refractivity contribution in [2.45, 2.75) is 80.6 Å². The third kappa shape index (κ3) is 6.99. The van der Waals surface area contributed by atoms with Crippen molar-refractivity contribution in [3.63, 3.8) is 0 Å². The summed E-state index contributed by atoms with van der Waals surface area (Å²) in [6, 6.07) is 0. The third-order valence-electron chi connectivity index (χ3n) is 5.84. The number of ether oxygens (including phenoxy) is 2. The van der Waals surface area contributed by atoms with Gasteiger partial charge in [0.15, 0.2) is 0 Å². The normalized spacial score (nSPS) is 24.7. The number of hydrogen-bond acceptors (Lipinski definition) is 4. The zero-order valence-electron chi connectivity index (χ0n) is 17.3. The fourth-order valence-electron chi connectivity index (χ4n) is 2.87. The van der Waals surface area contributed by atoms with Crippen LogP contribution in [0.3, 0.4) is 0 Å². The molecular formula is C21H38O4. The van der Waals surface area contributed by atoms with Crippen LogP contribution in [0.25, 0.3) is 0 Å². The zero-order valence-corrected chi connectivity index (χ0v) is 17.3. The molecule has 0 amide bonds. The lowest BCUT2D eigenvalue weighted by Crippen LogP contribution is -2.39. The Bertz CT molecular complexity index is 453. The molecule has 0 heterocycles. The lowest BCUT2D eigenvalue weighted by atomic mass is 9.74. The predicted octanol–water partition coefficient (Wildman–Crippen LogP) is 5.00. The van der Waals surface area contributed by atoms with Gasteiger partial charge >= 0.3 is 11.9 Å². The van der Waals surface area contributed by atoms with Crippen molar-refractivity contribution in [1.82, 2.24) is 0 Å². The van der Waals surface area contributed by atoms with Gasteiger partial charge in [-0.2, -0.15) is 0 Å². The molecule has 1 rings (SSSR count). The van der Waals surface area contributed by atoms with E-state index in [0.717, 1.165) is 19.3 Å². The maximum absolute atomic E-state index is 12.6. The molecule has 3 unspecified atom stereocenters. The van der Waals surface area contributed by atoms with Gasteiger partial charge in [-0.05, 0) is 48.9 Å². The van der Waals surface area contributed by atoms with Crippen molar-refractivity contribution < 1.29 is 19.1 Å². The Morgan fingerprint density at radius 1 is 0.840 bits per heavy atom. The van der Waals surface area contributed by atoms with Crippen molar-refractivity contribution >= 4 is 11.9 Å². The van der Waals surface area contributed by atoms with Gasteiger partial charge in [0, 0.05) is 0 Å². The topological polar surface area (TPSA) is 52.6 Å². The van der Waals surface area contributed by atoms with Crippen LogP contribution < -0.4 is 0 Å². The van der Waals surface area contributed by atoms with Gasteiger partial charge in [0.05, 0.1) is 25.0 Å². The molecule has 0 radical (unpaired) electrons. The van der Waals surface area contributed by atoms with Crippen LogP contribution in [0.5, 0.6) is 0 Å². The summed E-state index contributed by atoms with van der Waals surface area (Å²) in [4.78, 5) is 25.3. The van der Waals surface area contributed by atoms with Gasteiger partial charge in [-0.1, -0.05) is 48.5 Å². The van der Waals surface area contributed by atoms with Crippen LogP contribution in [0.1, 0.15) is 80.6 Å². The molecule has 0 aromatic carbocycles. The average molecular weight is 355 g/mol. The van der Waals surface area contributed by atoms with E-state index >= 15 is 0 Å². The Kier molecular flexibility index (Phi) is 7.95. The van der Waals surface area contributed by atoms with Crippen molar-refractivity contribution in [2.24, 2.45) is 28.6 Å². The second kappa shape index (κ2) is 9.05. The summed E-state index contributed by atoms with van der Waals surface area (Å²) in [5, 5.41) is 0. The Morgan fingerprint density at radius 3 is 1.72 bits per heavy atom. The van der Waals surface area contributed by atoms with Crippen molar-refractivity contribution in [1.29, 1.82) is 0 Å². The fraction of sp³-hybridized carbons (Fsp3) is 0.905. The molecular weight excluding hydrogens is 316 g/mol. The van der Waals surface area contributed by atoms with E-state index in [4.69, 9.17) is 9.47 Å². The minimum Gasteiger partial charge on any atom is -0.465 e. The first-order valence-electron chi connectivity index (χ1n) is 9.84. The second-order valence-electron chi connectivity index (χ2n) is 9.38. The predicted molar refractivity (Wildman–Crippen MR) is 100 cm³/mol. The summed E-state index contributed by atoms with van der Waals surface area (Å²) in [5.74, 6) is -0.752. The Balaban J connectivity index is 2.72. The van der Waals surface area contributed by atoms with Crippen LogP contribution >= 0.6 is 0 Å². The standard InChI is InChI=1S/C21H38O4/c1-8-20(4,5)13-24-18(22)16-11-10-15(3)12-17(16)19(23)25-14-21(6,7)9-2/h15-17H,8-14H2,1-7H3. The summed E-state index contributed by atoms with van der Waals surface area (Å²) >= 11 is 0. The highest BCUT2D eigenvalue weighted by molar-refractivity contribution is 5.82. The first kappa shape index (κ1) is 22.0. The molecule has 1 aliphatic rings. The molecule has 3 atom stereocenters. The summed E-state index contributed by atoms with van der Waals surface area (Å²) in [7, 11) is 0. The Morgan fingerprint density at radius 2 is 1.28 bits per heavy atom. The Labute approximate surface area is 154 Å². The molecule has 25 heavy (non-hydrogen) atoms. The van der Waals surface area contributed by atoms with Crippen LogP contribution in [0.2, 0.25) is 0 Å². The highest BCUT2D eigenvalue weighted by atomic mass is 16.5. The SMILES string of the molecule is CCC(C)(C)COC(=O)C1CCC(C)CC1C(=O)OCC(C)(C)CC. The van der Waals surface area contributed by atoms with Crippen LogP contribution in [0.15, 0.2) is 0 Å². The molecule has 0 saturated heterocycles. The van der Waals surface area contributed by atoms with E-state index in [1.165, 1.54) is 0 Å². The molecule has 0 N–H and O–H groups in total. The van der Waals surface area contributed by atoms with Gasteiger partial charge in [-0.15, -0.1) is 0 Å². The largest absolute Gasteiger partial charge is 0.465 e. The quantitative estimate of drug-likeness (QED) is 0.576. The van der Waals surface area contributed by atoms with Gasteiger partial charge in [0.25, 0.3) is 0 Å². The van der Waals surface area contributed by atoms with E-state index < -0.39 is 0 Å². The molecule has 1 aliphatic carbocycles. The molecule has 4 nitrogen and oxygen atoms in total. The van der Waals surface area contributed by atoms with Crippen molar-refractivity contribution in [2.75, 3.05) is 13.2 Å². The lowest BCUT2D eigenvalue weighted by Gasteiger charge is -2.33. The first-order valence-corrected chi connectivity index (χ1v) is 9.84. The number of rotatable bonds is 8. The lowest BCUT2D eigenvalue weighted by molar-refractivity contribution is -0.167. The summed E-state index contributed by atoms with van der Waals surface area (Å²) in [6.07, 6.45) is 4.27. The van der Waals surface area contributed by atoms with E-state index in [9.17, 15) is 9.59 Å². The molecule has 1 fully saturated rings. The number of hydrogen-bond donors (Lipinski definition) is 0.